The summed E-state index contributed by atoms with van der Waals surface area (Å²) in [6, 6.07) is 13.9. The van der Waals surface area contributed by atoms with E-state index in [1.165, 1.54) is 11.1 Å². The van der Waals surface area contributed by atoms with Crippen molar-refractivity contribution in [2.24, 2.45) is 5.73 Å². The lowest BCUT2D eigenvalue weighted by atomic mass is 9.92. The molecule has 2 aromatic carbocycles. The van der Waals surface area contributed by atoms with Gasteiger partial charge in [-0.15, -0.1) is 0 Å². The topological polar surface area (TPSA) is 35.2 Å². The summed E-state index contributed by atoms with van der Waals surface area (Å²) in [4.78, 5) is 0. The standard InChI is InChI=1S/C16H17BrClNO/c1-20-15-6-7-16(17)12(9-15)8-13(10-19)11-2-4-14(18)5-3-11/h2-7,9,13H,8,10,19H2,1H3. The molecule has 2 aromatic rings. The van der Waals surface area contributed by atoms with Crippen LogP contribution in [0.1, 0.15) is 17.0 Å². The van der Waals surface area contributed by atoms with Gasteiger partial charge >= 0.3 is 0 Å². The largest absolute Gasteiger partial charge is 0.497 e. The van der Waals surface area contributed by atoms with Crippen LogP contribution in [0, 0.1) is 0 Å². The normalized spacial score (nSPS) is 12.2. The van der Waals surface area contributed by atoms with Crippen molar-refractivity contribution in [3.63, 3.8) is 0 Å². The Kier molecular flexibility index (Phi) is 5.46. The number of hydrogen-bond donors (Lipinski definition) is 1. The molecule has 0 spiro atoms. The molecule has 1 unspecified atom stereocenters. The first-order valence-corrected chi connectivity index (χ1v) is 7.59. The number of benzene rings is 2. The predicted octanol–water partition coefficient (Wildman–Crippen LogP) is 4.40. The number of hydrogen-bond acceptors (Lipinski definition) is 2. The first-order chi connectivity index (χ1) is 9.63. The monoisotopic (exact) mass is 353 g/mol. The van der Waals surface area contributed by atoms with Gasteiger partial charge in [0.05, 0.1) is 7.11 Å². The highest BCUT2D eigenvalue weighted by Crippen LogP contribution is 2.28. The van der Waals surface area contributed by atoms with Gasteiger partial charge in [0.1, 0.15) is 5.75 Å². The molecule has 0 heterocycles. The molecule has 0 bridgehead atoms. The molecule has 2 N–H and O–H groups in total. The SMILES string of the molecule is COc1ccc(Br)c(CC(CN)c2ccc(Cl)cc2)c1. The molecule has 1 atom stereocenters. The molecule has 106 valence electrons. The fraction of sp³-hybridized carbons (Fsp3) is 0.250. The number of nitrogens with two attached hydrogens (primary N) is 1. The molecule has 0 saturated carbocycles. The molecule has 2 nitrogen and oxygen atoms in total. The minimum absolute atomic E-state index is 0.260. The Bertz CT molecular complexity index is 571. The minimum atomic E-state index is 0.260. The van der Waals surface area contributed by atoms with Crippen molar-refractivity contribution in [3.05, 3.63) is 63.1 Å². The minimum Gasteiger partial charge on any atom is -0.497 e. The third kappa shape index (κ3) is 3.75. The second-order valence-electron chi connectivity index (χ2n) is 4.65. The molecule has 2 rings (SSSR count). The molecule has 4 heteroatoms. The van der Waals surface area contributed by atoms with Gasteiger partial charge in [-0.3, -0.25) is 0 Å². The van der Waals surface area contributed by atoms with E-state index < -0.39 is 0 Å². The molecule has 0 fully saturated rings. The highest BCUT2D eigenvalue weighted by atomic mass is 79.9. The van der Waals surface area contributed by atoms with E-state index in [9.17, 15) is 0 Å². The highest BCUT2D eigenvalue weighted by molar-refractivity contribution is 9.10. The van der Waals surface area contributed by atoms with Crippen LogP contribution in [0.25, 0.3) is 0 Å². The van der Waals surface area contributed by atoms with Crippen LogP contribution < -0.4 is 10.5 Å². The Morgan fingerprint density at radius 3 is 2.50 bits per heavy atom. The van der Waals surface area contributed by atoms with E-state index in [1.807, 2.05) is 42.5 Å². The van der Waals surface area contributed by atoms with Crippen LogP contribution in [-0.2, 0) is 6.42 Å². The molecule has 20 heavy (non-hydrogen) atoms. The van der Waals surface area contributed by atoms with Gasteiger partial charge in [-0.25, -0.2) is 0 Å². The molecule has 0 radical (unpaired) electrons. The zero-order valence-corrected chi connectivity index (χ0v) is 13.6. The smallest absolute Gasteiger partial charge is 0.119 e. The van der Waals surface area contributed by atoms with Crippen molar-refractivity contribution in [1.82, 2.24) is 0 Å². The van der Waals surface area contributed by atoms with Crippen LogP contribution in [-0.4, -0.2) is 13.7 Å². The van der Waals surface area contributed by atoms with Crippen LogP contribution in [0.4, 0.5) is 0 Å². The maximum absolute atomic E-state index is 5.93. The molecule has 0 saturated heterocycles. The van der Waals surface area contributed by atoms with Crippen LogP contribution in [0.5, 0.6) is 5.75 Å². The van der Waals surface area contributed by atoms with Gasteiger partial charge < -0.3 is 10.5 Å². The molecule has 0 aliphatic rings. The lowest BCUT2D eigenvalue weighted by Crippen LogP contribution is -2.15. The third-order valence-corrected chi connectivity index (χ3v) is 4.37. The van der Waals surface area contributed by atoms with Crippen LogP contribution in [0.15, 0.2) is 46.9 Å². The molecular weight excluding hydrogens is 338 g/mol. The van der Waals surface area contributed by atoms with Gasteiger partial charge in [0.15, 0.2) is 0 Å². The summed E-state index contributed by atoms with van der Waals surface area (Å²) in [5.41, 5.74) is 8.32. The average molecular weight is 355 g/mol. The Hall–Kier alpha value is -1.03. The predicted molar refractivity (Wildman–Crippen MR) is 87.6 cm³/mol. The lowest BCUT2D eigenvalue weighted by molar-refractivity contribution is 0.414. The average Bonchev–Trinajstić information content (AvgIpc) is 2.47. The third-order valence-electron chi connectivity index (χ3n) is 3.35. The van der Waals surface area contributed by atoms with E-state index in [0.717, 1.165) is 21.7 Å². The van der Waals surface area contributed by atoms with Crippen LogP contribution in [0.3, 0.4) is 0 Å². The summed E-state index contributed by atoms with van der Waals surface area (Å²) in [7, 11) is 1.67. The fourth-order valence-electron chi connectivity index (χ4n) is 2.17. The summed E-state index contributed by atoms with van der Waals surface area (Å²) in [6.07, 6.45) is 0.857. The molecular formula is C16H17BrClNO. The van der Waals surface area contributed by atoms with E-state index in [4.69, 9.17) is 22.1 Å². The Morgan fingerprint density at radius 1 is 1.20 bits per heavy atom. The zero-order valence-electron chi connectivity index (χ0n) is 11.3. The second-order valence-corrected chi connectivity index (χ2v) is 5.94. The molecule has 0 aliphatic heterocycles. The Morgan fingerprint density at radius 2 is 1.90 bits per heavy atom. The van der Waals surface area contributed by atoms with E-state index >= 15 is 0 Å². The summed E-state index contributed by atoms with van der Waals surface area (Å²) < 4.78 is 6.35. The van der Waals surface area contributed by atoms with Gasteiger partial charge in [0, 0.05) is 15.4 Å². The van der Waals surface area contributed by atoms with E-state index in [1.54, 1.807) is 7.11 Å². The molecule has 0 aliphatic carbocycles. The number of rotatable bonds is 5. The Balaban J connectivity index is 2.23. The van der Waals surface area contributed by atoms with Crippen molar-refractivity contribution in [3.8, 4) is 5.75 Å². The number of methoxy groups -OCH3 is 1. The quantitative estimate of drug-likeness (QED) is 0.864. The van der Waals surface area contributed by atoms with Crippen molar-refractivity contribution in [2.45, 2.75) is 12.3 Å². The van der Waals surface area contributed by atoms with E-state index in [2.05, 4.69) is 15.9 Å². The summed E-state index contributed by atoms with van der Waals surface area (Å²) >= 11 is 9.51. The highest BCUT2D eigenvalue weighted by Gasteiger charge is 2.13. The molecule has 0 aromatic heterocycles. The van der Waals surface area contributed by atoms with E-state index in [0.29, 0.717) is 6.54 Å². The van der Waals surface area contributed by atoms with Gasteiger partial charge in [0.25, 0.3) is 0 Å². The maximum atomic E-state index is 5.93. The number of ether oxygens (including phenoxy) is 1. The summed E-state index contributed by atoms with van der Waals surface area (Å²) in [5.74, 6) is 1.12. The fourth-order valence-corrected chi connectivity index (χ4v) is 2.71. The van der Waals surface area contributed by atoms with Crippen LogP contribution in [0.2, 0.25) is 5.02 Å². The van der Waals surface area contributed by atoms with Crippen LogP contribution >= 0.6 is 27.5 Å². The second kappa shape index (κ2) is 7.11. The van der Waals surface area contributed by atoms with Gasteiger partial charge in [0.2, 0.25) is 0 Å². The molecule has 0 amide bonds. The zero-order chi connectivity index (χ0) is 14.5. The first kappa shape index (κ1) is 15.4. The van der Waals surface area contributed by atoms with Crippen molar-refractivity contribution < 1.29 is 4.74 Å². The van der Waals surface area contributed by atoms with Crippen molar-refractivity contribution >= 4 is 27.5 Å². The summed E-state index contributed by atoms with van der Waals surface area (Å²) in [5, 5.41) is 0.743. The Labute approximate surface area is 133 Å². The van der Waals surface area contributed by atoms with Crippen molar-refractivity contribution in [1.29, 1.82) is 0 Å². The maximum Gasteiger partial charge on any atom is 0.119 e. The van der Waals surface area contributed by atoms with Gasteiger partial charge in [-0.2, -0.15) is 0 Å². The van der Waals surface area contributed by atoms with E-state index in [-0.39, 0.29) is 5.92 Å². The lowest BCUT2D eigenvalue weighted by Gasteiger charge is -2.17. The van der Waals surface area contributed by atoms with Gasteiger partial charge in [-0.1, -0.05) is 39.7 Å². The summed E-state index contributed by atoms with van der Waals surface area (Å²) in [6.45, 7) is 0.589. The van der Waals surface area contributed by atoms with Crippen molar-refractivity contribution in [2.75, 3.05) is 13.7 Å². The first-order valence-electron chi connectivity index (χ1n) is 6.42. The number of halogens is 2. The van der Waals surface area contributed by atoms with Gasteiger partial charge in [-0.05, 0) is 54.4 Å².